The van der Waals surface area contributed by atoms with Gasteiger partial charge >= 0.3 is 0 Å². The van der Waals surface area contributed by atoms with E-state index in [9.17, 15) is 9.59 Å². The molecule has 2 heterocycles. The molecule has 0 saturated carbocycles. The largest absolute Gasteiger partial charge is 0.482 e. The Balaban J connectivity index is 1.87. The Kier molecular flexibility index (Phi) is 4.04. The van der Waals surface area contributed by atoms with E-state index in [1.165, 1.54) is 11.3 Å². The first-order valence-electron chi connectivity index (χ1n) is 6.72. The first-order chi connectivity index (χ1) is 10.6. The van der Waals surface area contributed by atoms with Gasteiger partial charge < -0.3 is 15.4 Å². The molecule has 3 rings (SSSR count). The van der Waals surface area contributed by atoms with E-state index >= 15 is 0 Å². The summed E-state index contributed by atoms with van der Waals surface area (Å²) in [7, 11) is 0. The van der Waals surface area contributed by atoms with Gasteiger partial charge in [-0.1, -0.05) is 18.5 Å². The van der Waals surface area contributed by atoms with Crippen LogP contribution in [0.25, 0.3) is 0 Å². The Morgan fingerprint density at radius 1 is 1.50 bits per heavy atom. The van der Waals surface area contributed by atoms with Crippen molar-refractivity contribution in [3.63, 3.8) is 0 Å². The minimum atomic E-state index is -0.230. The molecule has 0 atom stereocenters. The average Bonchev–Trinajstić information content (AvgIpc) is 2.97. The number of aryl methyl sites for hydroxylation is 1. The minimum absolute atomic E-state index is 0.0487. The van der Waals surface area contributed by atoms with Crippen molar-refractivity contribution in [2.75, 3.05) is 17.2 Å². The first-order valence-corrected chi connectivity index (χ1v) is 7.98. The molecule has 1 aliphatic heterocycles. The molecule has 2 amide bonds. The van der Waals surface area contributed by atoms with Crippen LogP contribution in [0.1, 0.15) is 22.2 Å². The van der Waals surface area contributed by atoms with Gasteiger partial charge in [-0.05, 0) is 29.5 Å². The van der Waals surface area contributed by atoms with Crippen LogP contribution in [-0.4, -0.2) is 18.4 Å². The summed E-state index contributed by atoms with van der Waals surface area (Å²) in [6.45, 7) is 1.95. The van der Waals surface area contributed by atoms with Crippen molar-refractivity contribution in [1.29, 1.82) is 0 Å². The summed E-state index contributed by atoms with van der Waals surface area (Å²) >= 11 is 7.56. The number of hydrogen-bond donors (Lipinski definition) is 2. The van der Waals surface area contributed by atoms with Crippen molar-refractivity contribution in [1.82, 2.24) is 0 Å². The summed E-state index contributed by atoms with van der Waals surface area (Å²) in [6.07, 6.45) is 0.791. The topological polar surface area (TPSA) is 67.4 Å². The molecule has 5 nitrogen and oxygen atoms in total. The second-order valence-corrected chi connectivity index (χ2v) is 6.07. The van der Waals surface area contributed by atoms with Gasteiger partial charge in [-0.3, -0.25) is 9.59 Å². The Labute approximate surface area is 136 Å². The predicted octanol–water partition coefficient (Wildman–Crippen LogP) is 3.55. The molecule has 22 heavy (non-hydrogen) atoms. The SMILES string of the molecule is CCc1ccsc1C(=O)Nc1cc2c(cc1Cl)NC(=O)CO2. The van der Waals surface area contributed by atoms with E-state index in [0.29, 0.717) is 27.0 Å². The van der Waals surface area contributed by atoms with Crippen LogP contribution in [0, 0.1) is 0 Å². The molecule has 114 valence electrons. The van der Waals surface area contributed by atoms with Gasteiger partial charge in [0.15, 0.2) is 6.61 Å². The standard InChI is InChI=1S/C15H13ClN2O3S/c1-2-8-3-4-22-14(8)15(20)18-10-6-12-11(5-9(10)16)17-13(19)7-21-12/h3-6H,2,7H2,1H3,(H,17,19)(H,18,20). The first kappa shape index (κ1) is 14.9. The number of carbonyl (C=O) groups excluding carboxylic acids is 2. The predicted molar refractivity (Wildman–Crippen MR) is 87.2 cm³/mol. The minimum Gasteiger partial charge on any atom is -0.482 e. The molecule has 7 heteroatoms. The number of hydrogen-bond acceptors (Lipinski definition) is 4. The number of carbonyl (C=O) groups is 2. The fourth-order valence-corrected chi connectivity index (χ4v) is 3.29. The van der Waals surface area contributed by atoms with Gasteiger partial charge in [0.1, 0.15) is 5.75 Å². The Morgan fingerprint density at radius 3 is 3.09 bits per heavy atom. The maximum Gasteiger partial charge on any atom is 0.266 e. The van der Waals surface area contributed by atoms with E-state index in [0.717, 1.165) is 12.0 Å². The normalized spacial score (nSPS) is 13.1. The number of ether oxygens (including phenoxy) is 1. The molecule has 0 radical (unpaired) electrons. The van der Waals surface area contributed by atoms with E-state index < -0.39 is 0 Å². The third-order valence-corrected chi connectivity index (χ3v) is 4.55. The Hall–Kier alpha value is -2.05. The summed E-state index contributed by atoms with van der Waals surface area (Å²) in [4.78, 5) is 24.3. The highest BCUT2D eigenvalue weighted by Gasteiger charge is 2.20. The summed E-state index contributed by atoms with van der Waals surface area (Å²) in [5, 5.41) is 7.69. The van der Waals surface area contributed by atoms with Crippen LogP contribution < -0.4 is 15.4 Å². The molecular weight excluding hydrogens is 324 g/mol. The Bertz CT molecular complexity index is 757. The number of fused-ring (bicyclic) bond motifs is 1. The highest BCUT2D eigenvalue weighted by atomic mass is 35.5. The van der Waals surface area contributed by atoms with Gasteiger partial charge in [0, 0.05) is 6.07 Å². The molecule has 1 aromatic carbocycles. The van der Waals surface area contributed by atoms with Gasteiger partial charge in [-0.25, -0.2) is 0 Å². The van der Waals surface area contributed by atoms with Crippen molar-refractivity contribution in [2.24, 2.45) is 0 Å². The zero-order valence-electron chi connectivity index (χ0n) is 11.7. The van der Waals surface area contributed by atoms with Gasteiger partial charge in [0.05, 0.1) is 21.3 Å². The lowest BCUT2D eigenvalue weighted by molar-refractivity contribution is -0.118. The smallest absolute Gasteiger partial charge is 0.266 e. The van der Waals surface area contributed by atoms with E-state index in [1.807, 2.05) is 18.4 Å². The molecule has 2 aromatic rings. The number of thiophene rings is 1. The van der Waals surface area contributed by atoms with E-state index in [1.54, 1.807) is 12.1 Å². The molecule has 0 spiro atoms. The highest BCUT2D eigenvalue weighted by molar-refractivity contribution is 7.12. The zero-order chi connectivity index (χ0) is 15.7. The summed E-state index contributed by atoms with van der Waals surface area (Å²) in [6, 6.07) is 5.12. The Morgan fingerprint density at radius 2 is 2.32 bits per heavy atom. The third kappa shape index (κ3) is 2.80. The number of amides is 2. The number of benzene rings is 1. The van der Waals surface area contributed by atoms with E-state index in [2.05, 4.69) is 10.6 Å². The van der Waals surface area contributed by atoms with E-state index in [-0.39, 0.29) is 18.4 Å². The monoisotopic (exact) mass is 336 g/mol. The van der Waals surface area contributed by atoms with Crippen LogP contribution in [0.4, 0.5) is 11.4 Å². The van der Waals surface area contributed by atoms with Crippen molar-refractivity contribution in [2.45, 2.75) is 13.3 Å². The molecule has 0 bridgehead atoms. The molecule has 0 aliphatic carbocycles. The average molecular weight is 337 g/mol. The number of rotatable bonds is 3. The van der Waals surface area contributed by atoms with Crippen LogP contribution >= 0.6 is 22.9 Å². The van der Waals surface area contributed by atoms with Gasteiger partial charge in [0.25, 0.3) is 11.8 Å². The number of halogens is 1. The maximum atomic E-state index is 12.4. The summed E-state index contributed by atoms with van der Waals surface area (Å²) in [5.41, 5.74) is 1.96. The van der Waals surface area contributed by atoms with Crippen LogP contribution in [0.3, 0.4) is 0 Å². The lowest BCUT2D eigenvalue weighted by Crippen LogP contribution is -2.25. The second-order valence-electron chi connectivity index (χ2n) is 4.75. The van der Waals surface area contributed by atoms with E-state index in [4.69, 9.17) is 16.3 Å². The van der Waals surface area contributed by atoms with Crippen molar-refractivity contribution in [3.8, 4) is 5.75 Å². The van der Waals surface area contributed by atoms with Crippen LogP contribution in [0.2, 0.25) is 5.02 Å². The fraction of sp³-hybridized carbons (Fsp3) is 0.200. The van der Waals surface area contributed by atoms with Crippen molar-refractivity contribution in [3.05, 3.63) is 39.0 Å². The number of anilines is 2. The van der Waals surface area contributed by atoms with Gasteiger partial charge in [-0.15, -0.1) is 11.3 Å². The second kappa shape index (κ2) is 5.98. The molecule has 2 N–H and O–H groups in total. The van der Waals surface area contributed by atoms with Gasteiger partial charge in [0.2, 0.25) is 0 Å². The molecule has 1 aromatic heterocycles. The van der Waals surface area contributed by atoms with Crippen LogP contribution in [-0.2, 0) is 11.2 Å². The zero-order valence-corrected chi connectivity index (χ0v) is 13.3. The lowest BCUT2D eigenvalue weighted by atomic mass is 10.2. The fourth-order valence-electron chi connectivity index (χ4n) is 2.19. The summed E-state index contributed by atoms with van der Waals surface area (Å²) < 4.78 is 5.33. The molecular formula is C15H13ClN2O3S. The maximum absolute atomic E-state index is 12.4. The molecule has 0 fully saturated rings. The summed E-state index contributed by atoms with van der Waals surface area (Å²) in [5.74, 6) is 0.0567. The lowest BCUT2D eigenvalue weighted by Gasteiger charge is -2.19. The number of nitrogens with one attached hydrogen (secondary N) is 2. The quantitative estimate of drug-likeness (QED) is 0.900. The third-order valence-electron chi connectivity index (χ3n) is 3.28. The molecule has 1 aliphatic rings. The van der Waals surface area contributed by atoms with Crippen LogP contribution in [0.5, 0.6) is 5.75 Å². The molecule has 0 unspecified atom stereocenters. The van der Waals surface area contributed by atoms with Gasteiger partial charge in [-0.2, -0.15) is 0 Å². The molecule has 0 saturated heterocycles. The van der Waals surface area contributed by atoms with Crippen LogP contribution in [0.15, 0.2) is 23.6 Å². The highest BCUT2D eigenvalue weighted by Crippen LogP contribution is 2.36. The van der Waals surface area contributed by atoms with Crippen molar-refractivity contribution >= 4 is 46.1 Å². The van der Waals surface area contributed by atoms with Crippen molar-refractivity contribution < 1.29 is 14.3 Å².